The molecule has 0 spiro atoms. The molecule has 1 amide bonds. The summed E-state index contributed by atoms with van der Waals surface area (Å²) in [7, 11) is 0. The van der Waals surface area contributed by atoms with Crippen LogP contribution in [0.15, 0.2) is 85.2 Å². The predicted octanol–water partition coefficient (Wildman–Crippen LogP) is 3.96. The maximum Gasteiger partial charge on any atom is 0.247 e. The van der Waals surface area contributed by atoms with Gasteiger partial charge >= 0.3 is 0 Å². The first-order valence-corrected chi connectivity index (χ1v) is 10.7. The molecular weight excluding hydrogens is 412 g/mol. The summed E-state index contributed by atoms with van der Waals surface area (Å²) in [5.74, 6) is 0.290. The first-order valence-electron chi connectivity index (χ1n) is 10.7. The third-order valence-corrected chi connectivity index (χ3v) is 5.23. The lowest BCUT2D eigenvalue weighted by Crippen LogP contribution is -2.34. The van der Waals surface area contributed by atoms with Crippen molar-refractivity contribution in [1.82, 2.24) is 20.1 Å². The molecule has 164 valence electrons. The SMILES string of the molecule is Cc1ccn(-c2ccc(NC(=O)C(NCCc3ccc(C#N)cc3)c3ccccc3)nc2)n1. The molecule has 0 saturated heterocycles. The van der Waals surface area contributed by atoms with Crippen molar-refractivity contribution in [2.24, 2.45) is 0 Å². The predicted molar refractivity (Wildman–Crippen MR) is 127 cm³/mol. The van der Waals surface area contributed by atoms with Crippen molar-refractivity contribution in [1.29, 1.82) is 5.26 Å². The highest BCUT2D eigenvalue weighted by molar-refractivity contribution is 5.94. The maximum absolute atomic E-state index is 13.1. The number of benzene rings is 2. The van der Waals surface area contributed by atoms with E-state index in [0.29, 0.717) is 17.9 Å². The van der Waals surface area contributed by atoms with Crippen LogP contribution in [0.3, 0.4) is 0 Å². The van der Waals surface area contributed by atoms with Gasteiger partial charge in [0, 0.05) is 12.7 Å². The normalized spacial score (nSPS) is 11.5. The molecule has 4 aromatic rings. The van der Waals surface area contributed by atoms with E-state index in [1.54, 1.807) is 29.1 Å². The zero-order valence-electron chi connectivity index (χ0n) is 18.3. The number of aromatic nitrogens is 3. The summed E-state index contributed by atoms with van der Waals surface area (Å²) in [4.78, 5) is 17.5. The Labute approximate surface area is 192 Å². The van der Waals surface area contributed by atoms with Crippen molar-refractivity contribution < 1.29 is 4.79 Å². The van der Waals surface area contributed by atoms with E-state index < -0.39 is 6.04 Å². The molecule has 2 aromatic carbocycles. The number of carbonyl (C=O) groups excluding carboxylic acids is 1. The van der Waals surface area contributed by atoms with Crippen molar-refractivity contribution >= 4 is 11.7 Å². The van der Waals surface area contributed by atoms with Crippen molar-refractivity contribution in [2.75, 3.05) is 11.9 Å². The van der Waals surface area contributed by atoms with Gasteiger partial charge in [0.1, 0.15) is 11.9 Å². The van der Waals surface area contributed by atoms with Crippen molar-refractivity contribution in [2.45, 2.75) is 19.4 Å². The van der Waals surface area contributed by atoms with E-state index in [1.807, 2.05) is 67.7 Å². The van der Waals surface area contributed by atoms with Crippen LogP contribution in [0.2, 0.25) is 0 Å². The molecule has 7 heteroatoms. The number of carbonyl (C=O) groups is 1. The van der Waals surface area contributed by atoms with Gasteiger partial charge in [-0.15, -0.1) is 0 Å². The van der Waals surface area contributed by atoms with E-state index >= 15 is 0 Å². The van der Waals surface area contributed by atoms with Crippen LogP contribution in [0.4, 0.5) is 5.82 Å². The maximum atomic E-state index is 13.1. The topological polar surface area (TPSA) is 95.6 Å². The van der Waals surface area contributed by atoms with Gasteiger partial charge in [0.2, 0.25) is 5.91 Å². The lowest BCUT2D eigenvalue weighted by molar-refractivity contribution is -0.118. The standard InChI is InChI=1S/C26H24N6O/c1-19-14-16-32(31-19)23-11-12-24(29-18-23)30-26(33)25(22-5-3-2-4-6-22)28-15-13-20-7-9-21(17-27)10-8-20/h2-12,14,16,18,25,28H,13,15H2,1H3,(H,29,30,33). The Morgan fingerprint density at radius 2 is 1.85 bits per heavy atom. The summed E-state index contributed by atoms with van der Waals surface area (Å²) < 4.78 is 1.74. The molecule has 0 saturated carbocycles. The number of hydrogen-bond donors (Lipinski definition) is 2. The molecule has 0 aliphatic rings. The lowest BCUT2D eigenvalue weighted by Gasteiger charge is -2.19. The number of hydrogen-bond acceptors (Lipinski definition) is 5. The van der Waals surface area contributed by atoms with Gasteiger partial charge in [0.05, 0.1) is 29.2 Å². The second kappa shape index (κ2) is 10.4. The fraction of sp³-hybridized carbons (Fsp3) is 0.154. The molecule has 4 rings (SSSR count). The molecule has 2 heterocycles. The van der Waals surface area contributed by atoms with Gasteiger partial charge < -0.3 is 10.6 Å². The molecule has 0 aliphatic carbocycles. The number of nitriles is 1. The summed E-state index contributed by atoms with van der Waals surface area (Å²) in [6.45, 7) is 2.53. The number of pyridine rings is 1. The van der Waals surface area contributed by atoms with Gasteiger partial charge in [0.25, 0.3) is 0 Å². The van der Waals surface area contributed by atoms with Crippen LogP contribution in [-0.4, -0.2) is 27.2 Å². The van der Waals surface area contributed by atoms with E-state index in [0.717, 1.165) is 28.9 Å². The second-order valence-electron chi connectivity index (χ2n) is 7.65. The van der Waals surface area contributed by atoms with Crippen molar-refractivity contribution in [3.8, 4) is 11.8 Å². The smallest absolute Gasteiger partial charge is 0.247 e. The van der Waals surface area contributed by atoms with Gasteiger partial charge in [-0.05, 0) is 54.8 Å². The first kappa shape index (κ1) is 21.9. The molecule has 0 radical (unpaired) electrons. The largest absolute Gasteiger partial charge is 0.309 e. The minimum Gasteiger partial charge on any atom is -0.309 e. The molecule has 7 nitrogen and oxygen atoms in total. The highest BCUT2D eigenvalue weighted by atomic mass is 16.2. The van der Waals surface area contributed by atoms with Crippen LogP contribution in [0.25, 0.3) is 5.69 Å². The molecule has 0 bridgehead atoms. The van der Waals surface area contributed by atoms with Crippen LogP contribution in [-0.2, 0) is 11.2 Å². The number of nitrogens with one attached hydrogen (secondary N) is 2. The number of rotatable bonds is 8. The van der Waals surface area contributed by atoms with Crippen LogP contribution < -0.4 is 10.6 Å². The van der Waals surface area contributed by atoms with Crippen molar-refractivity contribution in [3.63, 3.8) is 0 Å². The van der Waals surface area contributed by atoms with Gasteiger partial charge in [0.15, 0.2) is 0 Å². The average Bonchev–Trinajstić information content (AvgIpc) is 3.29. The number of nitrogens with zero attached hydrogens (tertiary/aromatic N) is 4. The van der Waals surface area contributed by atoms with Crippen LogP contribution >= 0.6 is 0 Å². The molecule has 2 aromatic heterocycles. The molecule has 0 aliphatic heterocycles. The van der Waals surface area contributed by atoms with E-state index in [-0.39, 0.29) is 5.91 Å². The molecule has 0 fully saturated rings. The van der Waals surface area contributed by atoms with E-state index in [1.165, 1.54) is 0 Å². The molecule has 1 unspecified atom stereocenters. The van der Waals surface area contributed by atoms with E-state index in [9.17, 15) is 4.79 Å². The van der Waals surface area contributed by atoms with E-state index in [4.69, 9.17) is 5.26 Å². The lowest BCUT2D eigenvalue weighted by atomic mass is 10.1. The Balaban J connectivity index is 1.42. The third-order valence-electron chi connectivity index (χ3n) is 5.23. The van der Waals surface area contributed by atoms with Crippen LogP contribution in [0.5, 0.6) is 0 Å². The summed E-state index contributed by atoms with van der Waals surface area (Å²) in [6.07, 6.45) is 4.28. The van der Waals surface area contributed by atoms with E-state index in [2.05, 4.69) is 26.8 Å². The monoisotopic (exact) mass is 436 g/mol. The minimum absolute atomic E-state index is 0.184. The molecular formula is C26H24N6O. The molecule has 2 N–H and O–H groups in total. The van der Waals surface area contributed by atoms with Crippen LogP contribution in [0.1, 0.15) is 28.4 Å². The number of amides is 1. The Morgan fingerprint density at radius 3 is 2.48 bits per heavy atom. The van der Waals surface area contributed by atoms with Gasteiger partial charge in [-0.1, -0.05) is 42.5 Å². The number of aryl methyl sites for hydroxylation is 1. The summed E-state index contributed by atoms with van der Waals surface area (Å²) in [6, 6.07) is 24.2. The van der Waals surface area contributed by atoms with Gasteiger partial charge in [-0.3, -0.25) is 4.79 Å². The third kappa shape index (κ3) is 5.70. The van der Waals surface area contributed by atoms with Gasteiger partial charge in [-0.2, -0.15) is 10.4 Å². The average molecular weight is 437 g/mol. The quantitative estimate of drug-likeness (QED) is 0.436. The Hall–Kier alpha value is -4.28. The summed E-state index contributed by atoms with van der Waals surface area (Å²) in [5.41, 5.74) is 4.35. The Bertz CT molecular complexity index is 1240. The van der Waals surface area contributed by atoms with Crippen molar-refractivity contribution in [3.05, 3.63) is 108 Å². The minimum atomic E-state index is -0.528. The molecule has 33 heavy (non-hydrogen) atoms. The first-order chi connectivity index (χ1) is 16.1. The number of anilines is 1. The molecule has 1 atom stereocenters. The zero-order chi connectivity index (χ0) is 23.0. The highest BCUT2D eigenvalue weighted by Gasteiger charge is 2.20. The second-order valence-corrected chi connectivity index (χ2v) is 7.65. The summed E-state index contributed by atoms with van der Waals surface area (Å²) >= 11 is 0. The Morgan fingerprint density at radius 1 is 1.06 bits per heavy atom. The fourth-order valence-corrected chi connectivity index (χ4v) is 3.47. The zero-order valence-corrected chi connectivity index (χ0v) is 18.3. The fourth-order valence-electron chi connectivity index (χ4n) is 3.47. The summed E-state index contributed by atoms with van der Waals surface area (Å²) in [5, 5.41) is 19.6. The Kier molecular flexibility index (Phi) is 6.88. The van der Waals surface area contributed by atoms with Crippen LogP contribution in [0, 0.1) is 18.3 Å². The van der Waals surface area contributed by atoms with Gasteiger partial charge in [-0.25, -0.2) is 9.67 Å². The highest BCUT2D eigenvalue weighted by Crippen LogP contribution is 2.17.